The molecular weight excluding hydrogens is 444 g/mol. The molecule has 9 nitrogen and oxygen atoms in total. The summed E-state index contributed by atoms with van der Waals surface area (Å²) in [6, 6.07) is 14.2. The number of sulfonamides is 1. The Bertz CT molecular complexity index is 1040. The molecule has 0 unspecified atom stereocenters. The Balaban J connectivity index is 1.43. The average Bonchev–Trinajstić information content (AvgIpc) is 2.80. The van der Waals surface area contributed by atoms with Crippen LogP contribution in [0.5, 0.6) is 5.75 Å². The van der Waals surface area contributed by atoms with Crippen molar-refractivity contribution in [3.05, 3.63) is 54.6 Å². The summed E-state index contributed by atoms with van der Waals surface area (Å²) in [7, 11) is -2.34. The predicted molar refractivity (Wildman–Crippen MR) is 125 cm³/mol. The lowest BCUT2D eigenvalue weighted by Gasteiger charge is -2.32. The molecule has 1 saturated heterocycles. The van der Waals surface area contributed by atoms with Crippen molar-refractivity contribution >= 4 is 27.5 Å². The number of ether oxygens (including phenoxy) is 1. The lowest BCUT2D eigenvalue weighted by molar-refractivity contribution is -0.123. The minimum atomic E-state index is -3.84. The van der Waals surface area contributed by atoms with Crippen LogP contribution in [0, 0.1) is 0 Å². The second kappa shape index (κ2) is 11.3. The van der Waals surface area contributed by atoms with Crippen molar-refractivity contribution in [2.75, 3.05) is 32.1 Å². The molecule has 0 bridgehead atoms. The van der Waals surface area contributed by atoms with Gasteiger partial charge in [-0.3, -0.25) is 14.5 Å². The minimum Gasteiger partial charge on any atom is -0.497 e. The molecule has 0 saturated carbocycles. The molecule has 1 aliphatic heterocycles. The van der Waals surface area contributed by atoms with Crippen LogP contribution in [-0.4, -0.2) is 64.0 Å². The largest absolute Gasteiger partial charge is 0.497 e. The molecule has 2 aromatic rings. The number of likely N-dealkylation sites (tertiary alicyclic amines) is 1. The lowest BCUT2D eigenvalue weighted by atomic mass is 10.0. The van der Waals surface area contributed by atoms with Gasteiger partial charge in [-0.2, -0.15) is 4.72 Å². The topological polar surface area (TPSA) is 117 Å². The zero-order valence-electron chi connectivity index (χ0n) is 18.8. The van der Waals surface area contributed by atoms with Gasteiger partial charge >= 0.3 is 0 Å². The quantitative estimate of drug-likeness (QED) is 0.508. The third-order valence-electron chi connectivity index (χ3n) is 5.45. The fourth-order valence-corrected chi connectivity index (χ4v) is 4.80. The van der Waals surface area contributed by atoms with E-state index in [2.05, 4.69) is 15.4 Å². The number of anilines is 1. The molecule has 178 valence electrons. The number of carbonyl (C=O) groups is 2. The maximum Gasteiger partial charge on any atom is 0.241 e. The van der Waals surface area contributed by atoms with Gasteiger partial charge in [-0.05, 0) is 56.2 Å². The van der Waals surface area contributed by atoms with Gasteiger partial charge in [0.25, 0.3) is 0 Å². The van der Waals surface area contributed by atoms with E-state index in [-0.39, 0.29) is 29.3 Å². The Morgan fingerprint density at radius 2 is 1.70 bits per heavy atom. The number of para-hydroxylation sites is 1. The lowest BCUT2D eigenvalue weighted by Crippen LogP contribution is -2.51. The molecule has 0 aliphatic carbocycles. The van der Waals surface area contributed by atoms with Crippen molar-refractivity contribution in [3.63, 3.8) is 0 Å². The first-order valence-electron chi connectivity index (χ1n) is 10.8. The molecule has 10 heteroatoms. The molecule has 1 atom stereocenters. The molecule has 0 radical (unpaired) electrons. The van der Waals surface area contributed by atoms with Gasteiger partial charge in [-0.1, -0.05) is 18.2 Å². The van der Waals surface area contributed by atoms with Crippen LogP contribution < -0.4 is 20.1 Å². The molecule has 0 spiro atoms. The third-order valence-corrected chi connectivity index (χ3v) is 7.01. The molecule has 3 N–H and O–H groups in total. The highest BCUT2D eigenvalue weighted by atomic mass is 32.2. The Kier molecular flexibility index (Phi) is 8.43. The molecule has 3 rings (SSSR count). The first kappa shape index (κ1) is 24.7. The van der Waals surface area contributed by atoms with E-state index in [1.165, 1.54) is 26.2 Å². The number of hydrogen-bond donors (Lipinski definition) is 3. The van der Waals surface area contributed by atoms with E-state index in [4.69, 9.17) is 4.74 Å². The number of carbonyl (C=O) groups excluding carboxylic acids is 2. The number of methoxy groups -OCH3 is 1. The van der Waals surface area contributed by atoms with Gasteiger partial charge < -0.3 is 15.4 Å². The minimum absolute atomic E-state index is 0.0602. The van der Waals surface area contributed by atoms with Crippen molar-refractivity contribution in [1.29, 1.82) is 0 Å². The van der Waals surface area contributed by atoms with Crippen LogP contribution in [0.15, 0.2) is 59.5 Å². The van der Waals surface area contributed by atoms with E-state index in [0.717, 1.165) is 5.69 Å². The van der Waals surface area contributed by atoms with Crippen LogP contribution in [0.3, 0.4) is 0 Å². The van der Waals surface area contributed by atoms with Crippen LogP contribution in [0.25, 0.3) is 0 Å². The second-order valence-corrected chi connectivity index (χ2v) is 9.71. The fourth-order valence-electron chi connectivity index (χ4n) is 3.60. The predicted octanol–water partition coefficient (Wildman–Crippen LogP) is 1.58. The van der Waals surface area contributed by atoms with Gasteiger partial charge in [0, 0.05) is 24.8 Å². The Morgan fingerprint density at radius 3 is 2.30 bits per heavy atom. The standard InChI is InChI=1S/C23H30N4O5S/c1-17(26-33(30,31)21-10-8-20(32-2)9-11-21)23(29)25-19-12-14-27(15-13-19)16-22(28)24-18-6-4-3-5-7-18/h3-11,17,19,26H,12-16H2,1-2H3,(H,24,28)(H,25,29)/t17-/m0/s1. The van der Waals surface area contributed by atoms with Gasteiger partial charge in [-0.15, -0.1) is 0 Å². The van der Waals surface area contributed by atoms with E-state index >= 15 is 0 Å². The molecule has 33 heavy (non-hydrogen) atoms. The third kappa shape index (κ3) is 7.28. The summed E-state index contributed by atoms with van der Waals surface area (Å²) >= 11 is 0. The molecule has 2 aromatic carbocycles. The summed E-state index contributed by atoms with van der Waals surface area (Å²) in [4.78, 5) is 26.9. The van der Waals surface area contributed by atoms with E-state index in [1.54, 1.807) is 12.1 Å². The highest BCUT2D eigenvalue weighted by molar-refractivity contribution is 7.89. The average molecular weight is 475 g/mol. The van der Waals surface area contributed by atoms with E-state index in [1.807, 2.05) is 35.2 Å². The Morgan fingerprint density at radius 1 is 1.06 bits per heavy atom. The van der Waals surface area contributed by atoms with E-state index in [9.17, 15) is 18.0 Å². The highest BCUT2D eigenvalue weighted by Gasteiger charge is 2.26. The SMILES string of the molecule is COc1ccc(S(=O)(=O)N[C@@H](C)C(=O)NC2CCN(CC(=O)Nc3ccccc3)CC2)cc1. The number of piperidine rings is 1. The van der Waals surface area contributed by atoms with Gasteiger partial charge in [0.05, 0.1) is 24.6 Å². The maximum absolute atomic E-state index is 12.5. The first-order chi connectivity index (χ1) is 15.8. The highest BCUT2D eigenvalue weighted by Crippen LogP contribution is 2.16. The zero-order valence-corrected chi connectivity index (χ0v) is 19.6. The maximum atomic E-state index is 12.5. The summed E-state index contributed by atoms with van der Waals surface area (Å²) in [5.74, 6) is 0.0845. The van der Waals surface area contributed by atoms with Crippen LogP contribution in [0.1, 0.15) is 19.8 Å². The zero-order chi connectivity index (χ0) is 23.8. The van der Waals surface area contributed by atoms with Crippen molar-refractivity contribution in [1.82, 2.24) is 14.9 Å². The normalized spacial score (nSPS) is 16.1. The number of hydrogen-bond acceptors (Lipinski definition) is 6. The van der Waals surface area contributed by atoms with Gasteiger partial charge in [0.15, 0.2) is 0 Å². The molecule has 0 aromatic heterocycles. The second-order valence-electron chi connectivity index (χ2n) is 7.99. The summed E-state index contributed by atoms with van der Waals surface area (Å²) in [6.07, 6.45) is 1.37. The molecule has 1 fully saturated rings. The fraction of sp³-hybridized carbons (Fsp3) is 0.391. The summed E-state index contributed by atoms with van der Waals surface area (Å²) in [6.45, 7) is 3.13. The smallest absolute Gasteiger partial charge is 0.241 e. The summed E-state index contributed by atoms with van der Waals surface area (Å²) < 4.78 is 32.5. The number of amides is 2. The van der Waals surface area contributed by atoms with Gasteiger partial charge in [-0.25, -0.2) is 8.42 Å². The van der Waals surface area contributed by atoms with Gasteiger partial charge in [0.1, 0.15) is 5.75 Å². The molecule has 2 amide bonds. The molecule has 1 heterocycles. The number of nitrogens with one attached hydrogen (secondary N) is 3. The molecular formula is C23H30N4O5S. The van der Waals surface area contributed by atoms with Crippen LogP contribution >= 0.6 is 0 Å². The summed E-state index contributed by atoms with van der Waals surface area (Å²) in [5, 5.41) is 5.78. The Labute approximate surface area is 194 Å². The Hall–Kier alpha value is -2.95. The summed E-state index contributed by atoms with van der Waals surface area (Å²) in [5.41, 5.74) is 0.760. The molecule has 1 aliphatic rings. The number of rotatable bonds is 9. The van der Waals surface area contributed by atoms with Crippen LogP contribution in [0.4, 0.5) is 5.69 Å². The number of nitrogens with zero attached hydrogens (tertiary/aromatic N) is 1. The van der Waals surface area contributed by atoms with Crippen molar-refractivity contribution < 1.29 is 22.7 Å². The van der Waals surface area contributed by atoms with Crippen molar-refractivity contribution in [2.24, 2.45) is 0 Å². The number of benzene rings is 2. The van der Waals surface area contributed by atoms with Gasteiger partial charge in [0.2, 0.25) is 21.8 Å². The van der Waals surface area contributed by atoms with Crippen LogP contribution in [0.2, 0.25) is 0 Å². The van der Waals surface area contributed by atoms with Crippen LogP contribution in [-0.2, 0) is 19.6 Å². The van der Waals surface area contributed by atoms with E-state index < -0.39 is 16.1 Å². The van der Waals surface area contributed by atoms with Crippen molar-refractivity contribution in [3.8, 4) is 5.75 Å². The first-order valence-corrected chi connectivity index (χ1v) is 12.3. The van der Waals surface area contributed by atoms with Crippen molar-refractivity contribution in [2.45, 2.75) is 36.7 Å². The monoisotopic (exact) mass is 474 g/mol. The van der Waals surface area contributed by atoms with E-state index in [0.29, 0.717) is 31.7 Å².